The second-order valence-electron chi connectivity index (χ2n) is 7.53. The average molecular weight is 367 g/mol. The average Bonchev–Trinajstić information content (AvgIpc) is 2.96. The van der Waals surface area contributed by atoms with Gasteiger partial charge in [0.1, 0.15) is 0 Å². The maximum atomic E-state index is 11.9. The summed E-state index contributed by atoms with van der Waals surface area (Å²) in [4.78, 5) is 23.4. The van der Waals surface area contributed by atoms with E-state index in [1.54, 1.807) is 0 Å². The molecular weight excluding hydrogens is 328 g/mol. The predicted octanol–water partition coefficient (Wildman–Crippen LogP) is 5.33. The Bertz CT molecular complexity index is 416. The van der Waals surface area contributed by atoms with Crippen LogP contribution in [0.5, 0.6) is 0 Å². The highest BCUT2D eigenvalue weighted by molar-refractivity contribution is 5.94. The lowest BCUT2D eigenvalue weighted by Gasteiger charge is -2.16. The highest BCUT2D eigenvalue weighted by atomic mass is 16.6. The molecular formula is C22H38O4. The third kappa shape index (κ3) is 10.1. The van der Waals surface area contributed by atoms with E-state index in [-0.39, 0.29) is 36.8 Å². The molecule has 0 aromatic rings. The van der Waals surface area contributed by atoms with Gasteiger partial charge in [0, 0.05) is 6.61 Å². The van der Waals surface area contributed by atoms with Gasteiger partial charge in [0.05, 0.1) is 12.3 Å². The van der Waals surface area contributed by atoms with Gasteiger partial charge in [0.15, 0.2) is 0 Å². The van der Waals surface area contributed by atoms with Gasteiger partial charge in [0.25, 0.3) is 0 Å². The molecule has 0 amide bonds. The maximum absolute atomic E-state index is 11.9. The van der Waals surface area contributed by atoms with Crippen LogP contribution in [0.15, 0.2) is 12.2 Å². The van der Waals surface area contributed by atoms with Crippen LogP contribution >= 0.6 is 0 Å². The van der Waals surface area contributed by atoms with Crippen LogP contribution in [0.3, 0.4) is 0 Å². The van der Waals surface area contributed by atoms with E-state index in [0.717, 1.165) is 38.5 Å². The number of aliphatic hydroxyl groups is 1. The molecule has 0 radical (unpaired) electrons. The van der Waals surface area contributed by atoms with Gasteiger partial charge in [0.2, 0.25) is 0 Å². The molecule has 0 aliphatic carbocycles. The first-order valence-corrected chi connectivity index (χ1v) is 10.7. The van der Waals surface area contributed by atoms with E-state index in [9.17, 15) is 9.59 Å². The van der Waals surface area contributed by atoms with Crippen molar-refractivity contribution in [1.29, 1.82) is 0 Å². The van der Waals surface area contributed by atoms with Gasteiger partial charge in [-0.25, -0.2) is 0 Å². The number of hydrogen-bond donors (Lipinski definition) is 1. The second kappa shape index (κ2) is 15.0. The van der Waals surface area contributed by atoms with Gasteiger partial charge in [-0.2, -0.15) is 0 Å². The molecule has 1 heterocycles. The summed E-state index contributed by atoms with van der Waals surface area (Å²) in [6.07, 6.45) is 19.4. The quantitative estimate of drug-likeness (QED) is 0.173. The molecule has 0 bridgehead atoms. The van der Waals surface area contributed by atoms with Gasteiger partial charge in [-0.1, -0.05) is 76.9 Å². The van der Waals surface area contributed by atoms with Crippen LogP contribution in [0.1, 0.15) is 96.8 Å². The zero-order valence-corrected chi connectivity index (χ0v) is 16.6. The molecule has 26 heavy (non-hydrogen) atoms. The molecule has 1 N–H and O–H groups in total. The Morgan fingerprint density at radius 2 is 1.65 bits per heavy atom. The zero-order chi connectivity index (χ0) is 19.0. The Balaban J connectivity index is 2.34. The SMILES string of the molecule is CCCCCCCCC(/C=C/CCCCCCCO)C1CC(=O)OC1=O. The lowest BCUT2D eigenvalue weighted by atomic mass is 9.86. The minimum absolute atomic E-state index is 0.134. The molecule has 2 atom stereocenters. The Morgan fingerprint density at radius 3 is 2.31 bits per heavy atom. The van der Waals surface area contributed by atoms with Gasteiger partial charge < -0.3 is 9.84 Å². The summed E-state index contributed by atoms with van der Waals surface area (Å²) in [5, 5.41) is 8.77. The molecule has 1 fully saturated rings. The predicted molar refractivity (Wildman–Crippen MR) is 105 cm³/mol. The van der Waals surface area contributed by atoms with Crippen molar-refractivity contribution in [3.8, 4) is 0 Å². The third-order valence-corrected chi connectivity index (χ3v) is 5.22. The van der Waals surface area contributed by atoms with Crippen LogP contribution in [-0.4, -0.2) is 23.7 Å². The number of carbonyl (C=O) groups is 2. The van der Waals surface area contributed by atoms with Crippen LogP contribution in [0, 0.1) is 11.8 Å². The summed E-state index contributed by atoms with van der Waals surface area (Å²) in [6.45, 7) is 2.51. The summed E-state index contributed by atoms with van der Waals surface area (Å²) in [6, 6.07) is 0. The number of cyclic esters (lactones) is 2. The standard InChI is InChI=1S/C22H38O4/c1-2-3-4-5-9-12-15-19(20-18-21(24)26-22(20)25)16-13-10-7-6-8-11-14-17-23/h13,16,19-20,23H,2-12,14-15,17-18H2,1H3/b16-13+. The summed E-state index contributed by atoms with van der Waals surface area (Å²) in [5.41, 5.74) is 0. The first kappa shape index (κ1) is 22.9. The number of esters is 2. The van der Waals surface area contributed by atoms with E-state index in [0.29, 0.717) is 0 Å². The van der Waals surface area contributed by atoms with Crippen molar-refractivity contribution in [2.24, 2.45) is 11.8 Å². The zero-order valence-electron chi connectivity index (χ0n) is 16.6. The van der Waals surface area contributed by atoms with Gasteiger partial charge in [-0.3, -0.25) is 9.59 Å². The molecule has 1 saturated heterocycles. The van der Waals surface area contributed by atoms with E-state index in [1.165, 1.54) is 44.9 Å². The van der Waals surface area contributed by atoms with E-state index < -0.39 is 0 Å². The molecule has 0 aromatic carbocycles. The topological polar surface area (TPSA) is 63.6 Å². The molecule has 1 aliphatic rings. The molecule has 2 unspecified atom stereocenters. The van der Waals surface area contributed by atoms with E-state index in [1.807, 2.05) is 0 Å². The van der Waals surface area contributed by atoms with Gasteiger partial charge in [-0.15, -0.1) is 0 Å². The maximum Gasteiger partial charge on any atom is 0.317 e. The largest absolute Gasteiger partial charge is 0.396 e. The second-order valence-corrected chi connectivity index (χ2v) is 7.53. The van der Waals surface area contributed by atoms with Crippen LogP contribution in [0.25, 0.3) is 0 Å². The van der Waals surface area contributed by atoms with Crippen molar-refractivity contribution in [1.82, 2.24) is 0 Å². The van der Waals surface area contributed by atoms with E-state index >= 15 is 0 Å². The van der Waals surface area contributed by atoms with Crippen LogP contribution < -0.4 is 0 Å². The number of allylic oxidation sites excluding steroid dienone is 2. The third-order valence-electron chi connectivity index (χ3n) is 5.22. The molecule has 4 heteroatoms. The lowest BCUT2D eigenvalue weighted by Crippen LogP contribution is -2.18. The Hall–Kier alpha value is -1.16. The van der Waals surface area contributed by atoms with Crippen LogP contribution in [-0.2, 0) is 14.3 Å². The molecule has 0 aromatic heterocycles. The number of unbranched alkanes of at least 4 members (excludes halogenated alkanes) is 10. The first-order valence-electron chi connectivity index (χ1n) is 10.7. The van der Waals surface area contributed by atoms with Crippen LogP contribution in [0.4, 0.5) is 0 Å². The minimum Gasteiger partial charge on any atom is -0.396 e. The number of carbonyl (C=O) groups excluding carboxylic acids is 2. The van der Waals surface area contributed by atoms with Crippen molar-refractivity contribution in [3.05, 3.63) is 12.2 Å². The minimum atomic E-state index is -0.370. The first-order chi connectivity index (χ1) is 12.7. The fourth-order valence-corrected chi connectivity index (χ4v) is 3.59. The highest BCUT2D eigenvalue weighted by Gasteiger charge is 2.37. The normalized spacial score (nSPS) is 18.6. The fraction of sp³-hybridized carbons (Fsp3) is 0.818. The van der Waals surface area contributed by atoms with Crippen molar-refractivity contribution in [2.75, 3.05) is 6.61 Å². The molecule has 1 rings (SSSR count). The summed E-state index contributed by atoms with van der Waals surface area (Å²) >= 11 is 0. The van der Waals surface area contributed by atoms with Crippen molar-refractivity contribution < 1.29 is 19.4 Å². The van der Waals surface area contributed by atoms with Crippen molar-refractivity contribution >= 4 is 11.9 Å². The van der Waals surface area contributed by atoms with Gasteiger partial charge in [-0.05, 0) is 31.6 Å². The molecule has 150 valence electrons. The summed E-state index contributed by atoms with van der Waals surface area (Å²) in [7, 11) is 0. The fourth-order valence-electron chi connectivity index (χ4n) is 3.59. The molecule has 4 nitrogen and oxygen atoms in total. The van der Waals surface area contributed by atoms with Crippen molar-refractivity contribution in [3.63, 3.8) is 0 Å². The highest BCUT2D eigenvalue weighted by Crippen LogP contribution is 2.30. The molecule has 0 saturated carbocycles. The summed E-state index contributed by atoms with van der Waals surface area (Å²) < 4.78 is 4.76. The van der Waals surface area contributed by atoms with Crippen molar-refractivity contribution in [2.45, 2.75) is 96.8 Å². The van der Waals surface area contributed by atoms with E-state index in [4.69, 9.17) is 9.84 Å². The number of ether oxygens (including phenoxy) is 1. The molecule has 1 aliphatic heterocycles. The van der Waals surface area contributed by atoms with E-state index in [2.05, 4.69) is 19.1 Å². The number of hydrogen-bond acceptors (Lipinski definition) is 4. The Morgan fingerprint density at radius 1 is 1.00 bits per heavy atom. The molecule has 0 spiro atoms. The van der Waals surface area contributed by atoms with Gasteiger partial charge >= 0.3 is 11.9 Å². The smallest absolute Gasteiger partial charge is 0.317 e. The monoisotopic (exact) mass is 366 g/mol. The Labute approximate surface area is 159 Å². The summed E-state index contributed by atoms with van der Waals surface area (Å²) in [5.74, 6) is -0.849. The van der Waals surface area contributed by atoms with Crippen LogP contribution in [0.2, 0.25) is 0 Å². The number of rotatable bonds is 16. The number of aliphatic hydroxyl groups excluding tert-OH is 1. The Kier molecular flexibility index (Phi) is 13.2. The lowest BCUT2D eigenvalue weighted by molar-refractivity contribution is -0.153.